The van der Waals surface area contributed by atoms with Crippen molar-refractivity contribution in [1.82, 2.24) is 24.5 Å². The van der Waals surface area contributed by atoms with Crippen molar-refractivity contribution in [2.75, 3.05) is 0 Å². The Balaban J connectivity index is 1.13. The van der Waals surface area contributed by atoms with E-state index in [0.29, 0.717) is 34.7 Å². The number of allylic oxidation sites excluding steroid dienone is 1. The second-order valence-electron chi connectivity index (χ2n) is 13.4. The number of benzene rings is 6. The quantitative estimate of drug-likeness (QED) is 0.180. The van der Waals surface area contributed by atoms with Crippen LogP contribution in [0.3, 0.4) is 0 Å². The number of hydrogen-bond acceptors (Lipinski definition) is 6. The summed E-state index contributed by atoms with van der Waals surface area (Å²) in [5.74, 6) is 2.45. The number of nitrogens with zero attached hydrogens (tertiary/aromatic N) is 5. The Bertz CT molecular complexity index is 3010. The second kappa shape index (κ2) is 11.7. The molecule has 250 valence electrons. The Hall–Kier alpha value is -7.12. The van der Waals surface area contributed by atoms with E-state index in [4.69, 9.17) is 28.8 Å². The molecule has 1 unspecified atom stereocenters. The third-order valence-corrected chi connectivity index (χ3v) is 10.3. The summed E-state index contributed by atoms with van der Waals surface area (Å²) in [5.41, 5.74) is 10.1. The van der Waals surface area contributed by atoms with Crippen molar-refractivity contribution in [2.24, 2.45) is 0 Å². The van der Waals surface area contributed by atoms with Gasteiger partial charge < -0.3 is 8.83 Å². The summed E-state index contributed by atoms with van der Waals surface area (Å²) < 4.78 is 15.2. The van der Waals surface area contributed by atoms with E-state index < -0.39 is 0 Å². The molecule has 0 amide bonds. The van der Waals surface area contributed by atoms with Crippen LogP contribution >= 0.6 is 0 Å². The van der Waals surface area contributed by atoms with Crippen LogP contribution in [0.4, 0.5) is 0 Å². The van der Waals surface area contributed by atoms with Crippen LogP contribution in [0.2, 0.25) is 0 Å². The van der Waals surface area contributed by atoms with E-state index in [0.717, 1.165) is 56.2 Å². The third-order valence-electron chi connectivity index (χ3n) is 10.3. The van der Waals surface area contributed by atoms with E-state index >= 15 is 0 Å². The Morgan fingerprint density at radius 3 is 2.06 bits per heavy atom. The van der Waals surface area contributed by atoms with Crippen LogP contribution in [0.1, 0.15) is 22.7 Å². The highest BCUT2D eigenvalue weighted by Gasteiger charge is 2.26. The number of para-hydroxylation sites is 5. The molecule has 0 saturated carbocycles. The lowest BCUT2D eigenvalue weighted by molar-refractivity contribution is 0.615. The first kappa shape index (κ1) is 29.6. The molecule has 1 atom stereocenters. The molecule has 7 nitrogen and oxygen atoms in total. The predicted octanol–water partition coefficient (Wildman–Crippen LogP) is 11.2. The monoisotopic (exact) mass is 683 g/mol. The first-order valence-electron chi connectivity index (χ1n) is 17.7. The molecule has 1 aliphatic rings. The average Bonchev–Trinajstić information content (AvgIpc) is 3.93. The fraction of sp³-hybridized carbons (Fsp3) is 0.0435. The summed E-state index contributed by atoms with van der Waals surface area (Å²) in [5, 5.41) is 3.11. The largest absolute Gasteiger partial charge is 0.454 e. The molecule has 0 N–H and O–H groups in total. The highest BCUT2D eigenvalue weighted by Crippen LogP contribution is 2.41. The molecule has 53 heavy (non-hydrogen) atoms. The van der Waals surface area contributed by atoms with Crippen molar-refractivity contribution in [2.45, 2.75) is 12.3 Å². The summed E-state index contributed by atoms with van der Waals surface area (Å²) in [7, 11) is 0. The lowest BCUT2D eigenvalue weighted by atomic mass is 9.87. The van der Waals surface area contributed by atoms with Gasteiger partial charge in [-0.15, -0.1) is 0 Å². The van der Waals surface area contributed by atoms with Crippen molar-refractivity contribution < 1.29 is 8.83 Å². The minimum atomic E-state index is 0.280. The van der Waals surface area contributed by atoms with Crippen molar-refractivity contribution >= 4 is 50.0 Å². The fourth-order valence-electron chi connectivity index (χ4n) is 7.81. The van der Waals surface area contributed by atoms with Gasteiger partial charge in [0.15, 0.2) is 17.2 Å². The van der Waals surface area contributed by atoms with Gasteiger partial charge in [-0.2, -0.15) is 9.97 Å². The van der Waals surface area contributed by atoms with Crippen LogP contribution in [0.15, 0.2) is 161 Å². The Labute approximate surface area is 303 Å². The zero-order chi connectivity index (χ0) is 34.9. The summed E-state index contributed by atoms with van der Waals surface area (Å²) in [4.78, 5) is 20.3. The van der Waals surface area contributed by atoms with Crippen molar-refractivity contribution in [3.8, 4) is 40.2 Å². The molecule has 0 saturated heterocycles. The van der Waals surface area contributed by atoms with Crippen molar-refractivity contribution in [3.63, 3.8) is 0 Å². The fourth-order valence-corrected chi connectivity index (χ4v) is 7.81. The second-order valence-corrected chi connectivity index (χ2v) is 13.4. The predicted molar refractivity (Wildman–Crippen MR) is 210 cm³/mol. The number of fused-ring (bicyclic) bond motifs is 7. The van der Waals surface area contributed by atoms with Gasteiger partial charge in [0, 0.05) is 27.6 Å². The van der Waals surface area contributed by atoms with E-state index in [1.807, 2.05) is 78.9 Å². The Morgan fingerprint density at radius 2 is 1.23 bits per heavy atom. The van der Waals surface area contributed by atoms with Crippen LogP contribution in [-0.2, 0) is 6.42 Å². The smallest absolute Gasteiger partial charge is 0.238 e. The summed E-state index contributed by atoms with van der Waals surface area (Å²) in [6.07, 6.45) is 5.42. The van der Waals surface area contributed by atoms with Gasteiger partial charge in [-0.05, 0) is 54.0 Å². The maximum Gasteiger partial charge on any atom is 0.238 e. The molecular weight excluding hydrogens is 655 g/mol. The molecule has 1 aliphatic carbocycles. The van der Waals surface area contributed by atoms with E-state index in [9.17, 15) is 0 Å². The van der Waals surface area contributed by atoms with Gasteiger partial charge >= 0.3 is 0 Å². The highest BCUT2D eigenvalue weighted by atomic mass is 16.4. The van der Waals surface area contributed by atoms with Crippen LogP contribution in [-0.4, -0.2) is 24.5 Å². The van der Waals surface area contributed by atoms with Gasteiger partial charge in [0.2, 0.25) is 11.8 Å². The maximum absolute atomic E-state index is 6.79. The van der Waals surface area contributed by atoms with E-state index in [1.165, 1.54) is 16.5 Å². The van der Waals surface area contributed by atoms with Crippen LogP contribution < -0.4 is 0 Å². The van der Waals surface area contributed by atoms with Gasteiger partial charge in [-0.3, -0.25) is 4.57 Å². The molecule has 11 rings (SSSR count). The molecular formula is C46H29N5O2. The Kier molecular flexibility index (Phi) is 6.54. The normalized spacial score (nSPS) is 14.1. The molecule has 0 spiro atoms. The van der Waals surface area contributed by atoms with E-state index in [1.54, 1.807) is 0 Å². The molecule has 4 aromatic heterocycles. The third kappa shape index (κ3) is 4.74. The minimum Gasteiger partial charge on any atom is -0.454 e. The van der Waals surface area contributed by atoms with Crippen LogP contribution in [0.5, 0.6) is 0 Å². The molecule has 0 radical (unpaired) electrons. The topological polar surface area (TPSA) is 82.8 Å². The lowest BCUT2D eigenvalue weighted by Crippen LogP contribution is -2.10. The van der Waals surface area contributed by atoms with Crippen LogP contribution in [0.25, 0.3) is 90.2 Å². The first-order chi connectivity index (χ1) is 26.3. The molecule has 0 aliphatic heterocycles. The van der Waals surface area contributed by atoms with Gasteiger partial charge in [-0.1, -0.05) is 121 Å². The molecule has 10 aromatic rings. The van der Waals surface area contributed by atoms with Crippen molar-refractivity contribution in [1.29, 1.82) is 0 Å². The average molecular weight is 684 g/mol. The van der Waals surface area contributed by atoms with Gasteiger partial charge in [-0.25, -0.2) is 9.97 Å². The van der Waals surface area contributed by atoms with Crippen LogP contribution in [0, 0.1) is 0 Å². The summed E-state index contributed by atoms with van der Waals surface area (Å²) in [6.45, 7) is 0. The van der Waals surface area contributed by atoms with E-state index in [-0.39, 0.29) is 5.92 Å². The SMILES string of the molecule is C1=CC(c2ccccc2)Cc2c1n(-c1nc(-c3ccccc3)nc(-c3cccc4c3oc3c(-c5nc6ccccc6o5)cccc34)n1)c1ccccc21. The minimum absolute atomic E-state index is 0.280. The highest BCUT2D eigenvalue weighted by molar-refractivity contribution is 6.12. The number of aromatic nitrogens is 5. The standard InChI is InChI=1S/C46H29N5O2/c1-3-13-28(14-4-1)30-25-26-39-36(27-30)31-17-7-9-23-38(31)51(39)46-49-43(29-15-5-2-6-16-29)48-44(50-46)34-20-11-18-32-33-19-12-21-35(42(33)53-41(32)34)45-47-37-22-8-10-24-40(37)52-45/h1-26,30H,27H2. The number of hydrogen-bond donors (Lipinski definition) is 0. The molecule has 6 aromatic carbocycles. The molecule has 0 bridgehead atoms. The summed E-state index contributed by atoms with van der Waals surface area (Å²) >= 11 is 0. The van der Waals surface area contributed by atoms with E-state index in [2.05, 4.69) is 83.4 Å². The van der Waals surface area contributed by atoms with Gasteiger partial charge in [0.25, 0.3) is 0 Å². The first-order valence-corrected chi connectivity index (χ1v) is 17.7. The lowest BCUT2D eigenvalue weighted by Gasteiger charge is -2.19. The molecule has 0 fully saturated rings. The van der Waals surface area contributed by atoms with Crippen molar-refractivity contribution in [3.05, 3.63) is 168 Å². The number of oxazole rings is 1. The van der Waals surface area contributed by atoms with Gasteiger partial charge in [0.1, 0.15) is 16.7 Å². The zero-order valence-electron chi connectivity index (χ0n) is 28.3. The summed E-state index contributed by atoms with van der Waals surface area (Å²) in [6, 6.07) is 49.3. The molecule has 4 heterocycles. The van der Waals surface area contributed by atoms with Gasteiger partial charge in [0.05, 0.1) is 22.3 Å². The number of rotatable bonds is 5. The Morgan fingerprint density at radius 1 is 0.547 bits per heavy atom. The maximum atomic E-state index is 6.79. The molecule has 7 heteroatoms. The zero-order valence-corrected chi connectivity index (χ0v) is 28.3. The number of furan rings is 1.